The second-order valence-corrected chi connectivity index (χ2v) is 5.12. The molecule has 0 aliphatic heterocycles. The van der Waals surface area contributed by atoms with Crippen molar-refractivity contribution in [2.45, 2.75) is 19.1 Å². The SMILES string of the molecule is CN[C@@H](Cc1ccccc1)/C(=C\C=O)OCc1ccccc1F. The second-order valence-electron chi connectivity index (χ2n) is 5.12. The van der Waals surface area contributed by atoms with Crippen molar-refractivity contribution in [2.24, 2.45) is 0 Å². The number of nitrogens with one attached hydrogen (secondary N) is 1. The van der Waals surface area contributed by atoms with Crippen LogP contribution in [0.3, 0.4) is 0 Å². The van der Waals surface area contributed by atoms with Gasteiger partial charge >= 0.3 is 0 Å². The van der Waals surface area contributed by atoms with Gasteiger partial charge in [0.25, 0.3) is 0 Å². The monoisotopic (exact) mass is 313 g/mol. The molecule has 0 radical (unpaired) electrons. The molecule has 0 aromatic heterocycles. The van der Waals surface area contributed by atoms with Crippen molar-refractivity contribution in [3.8, 4) is 0 Å². The number of hydrogen-bond acceptors (Lipinski definition) is 3. The second kappa shape index (κ2) is 8.86. The maximum atomic E-state index is 13.7. The summed E-state index contributed by atoms with van der Waals surface area (Å²) in [6.07, 6.45) is 2.74. The normalized spacial score (nSPS) is 12.7. The number of likely N-dealkylation sites (N-methyl/N-ethyl adjacent to an activating group) is 1. The molecule has 4 heteroatoms. The van der Waals surface area contributed by atoms with E-state index in [1.807, 2.05) is 30.3 Å². The van der Waals surface area contributed by atoms with Crippen molar-refractivity contribution in [1.82, 2.24) is 5.32 Å². The molecule has 0 aliphatic rings. The summed E-state index contributed by atoms with van der Waals surface area (Å²) in [6, 6.07) is 16.2. The predicted octanol–water partition coefficient (Wildman–Crippen LogP) is 3.26. The largest absolute Gasteiger partial charge is 0.491 e. The lowest BCUT2D eigenvalue weighted by atomic mass is 10.0. The number of halogens is 1. The maximum Gasteiger partial charge on any atom is 0.146 e. The Morgan fingerprint density at radius 2 is 1.87 bits per heavy atom. The predicted molar refractivity (Wildman–Crippen MR) is 88.3 cm³/mol. The van der Waals surface area contributed by atoms with Crippen LogP contribution >= 0.6 is 0 Å². The third-order valence-electron chi connectivity index (χ3n) is 3.56. The number of rotatable bonds is 8. The average molecular weight is 313 g/mol. The van der Waals surface area contributed by atoms with Gasteiger partial charge in [-0.1, -0.05) is 48.5 Å². The molecule has 0 bridgehead atoms. The highest BCUT2D eigenvalue weighted by atomic mass is 19.1. The van der Waals surface area contributed by atoms with Crippen molar-refractivity contribution >= 4 is 6.29 Å². The molecule has 0 saturated carbocycles. The summed E-state index contributed by atoms with van der Waals surface area (Å²) in [7, 11) is 1.80. The van der Waals surface area contributed by atoms with E-state index in [-0.39, 0.29) is 18.5 Å². The number of aldehydes is 1. The summed E-state index contributed by atoms with van der Waals surface area (Å²) in [5, 5.41) is 3.14. The molecular formula is C19H20FNO2. The molecule has 3 nitrogen and oxygen atoms in total. The Bertz CT molecular complexity index is 655. The van der Waals surface area contributed by atoms with E-state index in [4.69, 9.17) is 4.74 Å². The molecular weight excluding hydrogens is 293 g/mol. The van der Waals surface area contributed by atoms with Crippen molar-refractivity contribution in [1.29, 1.82) is 0 Å². The van der Waals surface area contributed by atoms with Crippen LogP contribution in [0.1, 0.15) is 11.1 Å². The van der Waals surface area contributed by atoms with Gasteiger partial charge in [-0.25, -0.2) is 4.39 Å². The fourth-order valence-electron chi connectivity index (χ4n) is 2.30. The van der Waals surface area contributed by atoms with Crippen molar-refractivity contribution in [2.75, 3.05) is 7.05 Å². The minimum absolute atomic E-state index is 0.0827. The number of carbonyl (C=O) groups is 1. The van der Waals surface area contributed by atoms with E-state index in [0.717, 1.165) is 5.56 Å². The smallest absolute Gasteiger partial charge is 0.146 e. The summed E-state index contributed by atoms with van der Waals surface area (Å²) >= 11 is 0. The lowest BCUT2D eigenvalue weighted by molar-refractivity contribution is -0.104. The van der Waals surface area contributed by atoms with E-state index in [2.05, 4.69) is 5.32 Å². The van der Waals surface area contributed by atoms with Crippen LogP contribution in [0.5, 0.6) is 0 Å². The molecule has 0 saturated heterocycles. The van der Waals surface area contributed by atoms with Gasteiger partial charge in [-0.3, -0.25) is 4.79 Å². The van der Waals surface area contributed by atoms with Gasteiger partial charge in [0, 0.05) is 11.6 Å². The third-order valence-corrected chi connectivity index (χ3v) is 3.56. The highest BCUT2D eigenvalue weighted by Crippen LogP contribution is 2.15. The van der Waals surface area contributed by atoms with E-state index in [9.17, 15) is 9.18 Å². The highest BCUT2D eigenvalue weighted by Gasteiger charge is 2.15. The van der Waals surface area contributed by atoms with E-state index in [1.165, 1.54) is 12.1 Å². The molecule has 1 N–H and O–H groups in total. The quantitative estimate of drug-likeness (QED) is 0.462. The molecule has 0 heterocycles. The first kappa shape index (κ1) is 16.9. The summed E-state index contributed by atoms with van der Waals surface area (Å²) in [4.78, 5) is 10.9. The van der Waals surface area contributed by atoms with Crippen LogP contribution in [0, 0.1) is 5.82 Å². The van der Waals surface area contributed by atoms with Crippen molar-refractivity contribution < 1.29 is 13.9 Å². The standard InChI is InChI=1S/C19H20FNO2/c1-21-18(13-15-7-3-2-4-8-15)19(11-12-22)23-14-16-9-5-6-10-17(16)20/h2-12,18,21H,13-14H2,1H3/b19-11+/t18-/m0/s1. The van der Waals surface area contributed by atoms with E-state index < -0.39 is 0 Å². The van der Waals surface area contributed by atoms with Crippen molar-refractivity contribution in [3.05, 3.63) is 83.4 Å². The van der Waals surface area contributed by atoms with Crippen molar-refractivity contribution in [3.63, 3.8) is 0 Å². The molecule has 2 aromatic carbocycles. The topological polar surface area (TPSA) is 38.3 Å². The molecule has 0 amide bonds. The number of allylic oxidation sites excluding steroid dienone is 1. The van der Waals surface area contributed by atoms with Crippen LogP contribution in [0.4, 0.5) is 4.39 Å². The minimum atomic E-state index is -0.318. The van der Waals surface area contributed by atoms with Crippen LogP contribution in [-0.2, 0) is 22.6 Å². The van der Waals surface area contributed by atoms with Gasteiger partial charge in [0.1, 0.15) is 24.5 Å². The van der Waals surface area contributed by atoms with Gasteiger partial charge < -0.3 is 10.1 Å². The first-order chi connectivity index (χ1) is 11.2. The zero-order chi connectivity index (χ0) is 16.5. The Hall–Kier alpha value is -2.46. The van der Waals surface area contributed by atoms with Gasteiger partial charge in [0.2, 0.25) is 0 Å². The summed E-state index contributed by atoms with van der Waals surface area (Å²) in [6.45, 7) is 0.0827. The molecule has 23 heavy (non-hydrogen) atoms. The fourth-order valence-corrected chi connectivity index (χ4v) is 2.30. The zero-order valence-corrected chi connectivity index (χ0v) is 13.0. The van der Waals surface area contributed by atoms with Gasteiger partial charge in [0.05, 0.1) is 6.04 Å². The Labute approximate surface area is 135 Å². The van der Waals surface area contributed by atoms with Crippen LogP contribution in [0.15, 0.2) is 66.4 Å². The Kier molecular flexibility index (Phi) is 6.51. The first-order valence-corrected chi connectivity index (χ1v) is 7.47. The number of carbonyl (C=O) groups excluding carboxylic acids is 1. The van der Waals surface area contributed by atoms with Crippen LogP contribution in [-0.4, -0.2) is 19.4 Å². The Morgan fingerprint density at radius 1 is 1.17 bits per heavy atom. The summed E-state index contributed by atoms with van der Waals surface area (Å²) in [5.41, 5.74) is 1.58. The Morgan fingerprint density at radius 3 is 2.52 bits per heavy atom. The first-order valence-electron chi connectivity index (χ1n) is 7.47. The van der Waals surface area contributed by atoms with E-state index in [1.54, 1.807) is 25.2 Å². The van der Waals surface area contributed by atoms with E-state index in [0.29, 0.717) is 24.0 Å². The minimum Gasteiger partial charge on any atom is -0.491 e. The summed E-state index contributed by atoms with van der Waals surface area (Å²) < 4.78 is 19.4. The molecule has 0 unspecified atom stereocenters. The third kappa shape index (κ3) is 5.04. The molecule has 0 fully saturated rings. The molecule has 1 atom stereocenters. The van der Waals surface area contributed by atoms with Crippen LogP contribution < -0.4 is 5.32 Å². The molecule has 0 aliphatic carbocycles. The van der Waals surface area contributed by atoms with Gasteiger partial charge in [-0.15, -0.1) is 0 Å². The zero-order valence-electron chi connectivity index (χ0n) is 13.0. The molecule has 0 spiro atoms. The van der Waals surface area contributed by atoms with E-state index >= 15 is 0 Å². The Balaban J connectivity index is 2.08. The van der Waals surface area contributed by atoms with Gasteiger partial charge in [-0.2, -0.15) is 0 Å². The fraction of sp³-hybridized carbons (Fsp3) is 0.211. The van der Waals surface area contributed by atoms with Crippen LogP contribution in [0.2, 0.25) is 0 Å². The highest BCUT2D eigenvalue weighted by molar-refractivity contribution is 5.65. The lowest BCUT2D eigenvalue weighted by Gasteiger charge is -2.20. The number of ether oxygens (including phenoxy) is 1. The molecule has 2 aromatic rings. The molecule has 2 rings (SSSR count). The number of benzene rings is 2. The van der Waals surface area contributed by atoms with Crippen LogP contribution in [0.25, 0.3) is 0 Å². The average Bonchev–Trinajstić information content (AvgIpc) is 2.59. The summed E-state index contributed by atoms with van der Waals surface area (Å²) in [5.74, 6) is 0.177. The lowest BCUT2D eigenvalue weighted by Crippen LogP contribution is -2.31. The number of hydrogen-bond donors (Lipinski definition) is 1. The maximum absolute atomic E-state index is 13.7. The molecule has 120 valence electrons. The van der Waals surface area contributed by atoms with Gasteiger partial charge in [-0.05, 0) is 25.1 Å². The van der Waals surface area contributed by atoms with Gasteiger partial charge in [0.15, 0.2) is 0 Å².